The highest BCUT2D eigenvalue weighted by molar-refractivity contribution is 4.63. The summed E-state index contributed by atoms with van der Waals surface area (Å²) in [7, 11) is 0. The lowest BCUT2D eigenvalue weighted by Crippen LogP contribution is -2.32. The third-order valence-electron chi connectivity index (χ3n) is 2.96. The van der Waals surface area contributed by atoms with Gasteiger partial charge in [-0.1, -0.05) is 10.4 Å². The second kappa shape index (κ2) is 6.08. The first-order valence-corrected chi connectivity index (χ1v) is 6.38. The molecule has 0 amide bonds. The summed E-state index contributed by atoms with van der Waals surface area (Å²) < 4.78 is 2.65. The average molecular weight is 286 g/mol. The van der Waals surface area contributed by atoms with E-state index in [9.17, 15) is 9.59 Å². The van der Waals surface area contributed by atoms with Crippen LogP contribution in [0, 0.1) is 0 Å². The summed E-state index contributed by atoms with van der Waals surface area (Å²) in [5.41, 5.74) is -0.559. The zero-order valence-corrected chi connectivity index (χ0v) is 10.9. The van der Waals surface area contributed by atoms with Crippen LogP contribution in [0.3, 0.4) is 0 Å². The van der Waals surface area contributed by atoms with Gasteiger partial charge in [0, 0.05) is 9.69 Å². The smallest absolute Gasteiger partial charge is 0.331 e. The van der Waals surface area contributed by atoms with E-state index in [0.29, 0.717) is 22.8 Å². The largest absolute Gasteiger partial charge is 0.397 e. The Morgan fingerprint density at radius 1 is 0.850 bits per heavy atom. The Labute approximate surface area is 113 Å². The van der Waals surface area contributed by atoms with E-state index >= 15 is 0 Å². The molecule has 0 atom stereocenters. The van der Waals surface area contributed by atoms with Gasteiger partial charge >= 0.3 is 11.1 Å². The molecule has 0 aliphatic heterocycles. The van der Waals surface area contributed by atoms with Crippen molar-refractivity contribution >= 4 is 0 Å². The third-order valence-corrected chi connectivity index (χ3v) is 2.96. The van der Waals surface area contributed by atoms with Crippen LogP contribution in [-0.2, 0) is 13.1 Å². The Bertz CT molecular complexity index is 608. The van der Waals surface area contributed by atoms with Crippen molar-refractivity contribution in [3.8, 4) is 0 Å². The van der Waals surface area contributed by atoms with Crippen molar-refractivity contribution in [2.75, 3.05) is 0 Å². The minimum Gasteiger partial charge on any atom is -0.331 e. The molecule has 2 aromatic heterocycles. The first-order chi connectivity index (χ1) is 9.56. The molecule has 110 valence electrons. The Balaban J connectivity index is 1.65. The van der Waals surface area contributed by atoms with Crippen molar-refractivity contribution in [1.82, 2.24) is 19.8 Å². The molecule has 0 aliphatic carbocycles. The molecule has 0 bridgehead atoms. The van der Waals surface area contributed by atoms with Crippen LogP contribution >= 0.6 is 0 Å². The predicted octanol–water partition coefficient (Wildman–Crippen LogP) is -2.02. The van der Waals surface area contributed by atoms with E-state index in [4.69, 9.17) is 10.4 Å². The predicted molar refractivity (Wildman–Crippen MR) is 63.3 cm³/mol. The molecule has 4 N–H and O–H groups in total. The zero-order chi connectivity index (χ0) is 14.5. The highest BCUT2D eigenvalue weighted by Crippen LogP contribution is 2.01. The van der Waals surface area contributed by atoms with Crippen LogP contribution in [0.25, 0.3) is 0 Å². The van der Waals surface area contributed by atoms with Crippen molar-refractivity contribution in [3.63, 3.8) is 0 Å². The van der Waals surface area contributed by atoms with Gasteiger partial charge in [-0.15, -0.1) is 9.36 Å². The number of unbranched alkanes of at least 4 members (excludes halogenated alkanes) is 3. The quantitative estimate of drug-likeness (QED) is 0.266. The lowest BCUT2D eigenvalue weighted by atomic mass is 10.2. The number of nitrogens with zero attached hydrogens (tertiary/aromatic N) is 4. The first kappa shape index (κ1) is 13.9. The van der Waals surface area contributed by atoms with E-state index in [0.717, 1.165) is 38.1 Å². The van der Waals surface area contributed by atoms with Gasteiger partial charge in [0.2, 0.25) is 0 Å². The van der Waals surface area contributed by atoms with Crippen LogP contribution < -0.4 is 20.8 Å². The van der Waals surface area contributed by atoms with Crippen molar-refractivity contribution in [2.45, 2.75) is 38.8 Å². The third kappa shape index (κ3) is 3.49. The second-order valence-corrected chi connectivity index (χ2v) is 4.54. The van der Waals surface area contributed by atoms with Gasteiger partial charge in [0.05, 0.1) is 0 Å². The Morgan fingerprint density at radius 2 is 1.25 bits per heavy atom. The van der Waals surface area contributed by atoms with Gasteiger partial charge in [-0.3, -0.25) is 0 Å². The molecule has 0 saturated heterocycles. The maximum absolute atomic E-state index is 11.3. The van der Waals surface area contributed by atoms with E-state index in [-0.39, 0.29) is 11.1 Å². The maximum atomic E-state index is 11.3. The molecular formula is C10H18N6O4+2. The summed E-state index contributed by atoms with van der Waals surface area (Å²) in [4.78, 5) is 23.8. The minimum atomic E-state index is -0.280. The van der Waals surface area contributed by atoms with Crippen LogP contribution in [0.2, 0.25) is 0 Å². The first-order valence-electron chi connectivity index (χ1n) is 6.38. The highest BCUT2D eigenvalue weighted by Gasteiger charge is 2.09. The molecule has 10 heteroatoms. The number of H-pyrrole nitrogens is 2. The zero-order valence-electron chi connectivity index (χ0n) is 10.9. The molecule has 0 unspecified atom stereocenters. The normalized spacial score (nSPS) is 11.0. The Hall–Kier alpha value is -2.52. The van der Waals surface area contributed by atoms with Crippen molar-refractivity contribution in [3.05, 3.63) is 33.1 Å². The fourth-order valence-corrected chi connectivity index (χ4v) is 1.97. The maximum Gasteiger partial charge on any atom is 0.397 e. The number of rotatable bonds is 7. The summed E-state index contributed by atoms with van der Waals surface area (Å²) in [6, 6.07) is 0. The van der Waals surface area contributed by atoms with Crippen LogP contribution in [0.1, 0.15) is 25.7 Å². The molecule has 2 heterocycles. The standard InChI is InChI=1S/C10H16N6O4/c17-9-7-15(19)11-13(9)5-3-1-2-4-6-14-10(18)8-16(20)12-14/h7-8H,1-6H2,(H2-2,11,12,17,18,19,20)/p+2. The topological polar surface area (TPSA) is 124 Å². The fraction of sp³-hybridized carbons (Fsp3) is 0.600. The molecule has 0 radical (unpaired) electrons. The van der Waals surface area contributed by atoms with E-state index in [2.05, 4.69) is 10.4 Å². The van der Waals surface area contributed by atoms with E-state index in [1.807, 2.05) is 0 Å². The number of aryl methyl sites for hydroxylation is 2. The molecule has 2 rings (SSSR count). The number of aromatic amines is 2. The lowest BCUT2D eigenvalue weighted by Gasteiger charge is -1.97. The Morgan fingerprint density at radius 3 is 1.55 bits per heavy atom. The molecule has 0 aliphatic rings. The number of aromatic nitrogens is 6. The summed E-state index contributed by atoms with van der Waals surface area (Å²) in [5.74, 6) is 0. The van der Waals surface area contributed by atoms with Crippen LogP contribution in [-0.4, -0.2) is 30.2 Å². The summed E-state index contributed by atoms with van der Waals surface area (Å²) in [6.07, 6.45) is 5.49. The lowest BCUT2D eigenvalue weighted by molar-refractivity contribution is -0.949. The number of hydrogen-bond acceptors (Lipinski definition) is 4. The number of hydrogen-bond donors (Lipinski definition) is 4. The van der Waals surface area contributed by atoms with Crippen LogP contribution in [0.5, 0.6) is 0 Å². The molecule has 0 fully saturated rings. The van der Waals surface area contributed by atoms with Gasteiger partial charge in [0.15, 0.2) is 0 Å². The SMILES string of the molecule is O=c1c[n+](O)[nH]n1CCCCCCn1[nH][n+](O)cc1=O. The monoisotopic (exact) mass is 286 g/mol. The molecular weight excluding hydrogens is 268 g/mol. The number of nitrogens with one attached hydrogen (secondary N) is 2. The second-order valence-electron chi connectivity index (χ2n) is 4.54. The molecule has 0 aromatic carbocycles. The van der Waals surface area contributed by atoms with E-state index in [1.54, 1.807) is 0 Å². The van der Waals surface area contributed by atoms with Gasteiger partial charge in [0.25, 0.3) is 12.4 Å². The van der Waals surface area contributed by atoms with Crippen molar-refractivity contribution in [2.24, 2.45) is 0 Å². The highest BCUT2D eigenvalue weighted by atomic mass is 16.5. The van der Waals surface area contributed by atoms with Gasteiger partial charge in [-0.25, -0.2) is 9.59 Å². The van der Waals surface area contributed by atoms with Crippen molar-refractivity contribution < 1.29 is 20.1 Å². The van der Waals surface area contributed by atoms with E-state index < -0.39 is 0 Å². The molecule has 2 aromatic rings. The van der Waals surface area contributed by atoms with E-state index in [1.165, 1.54) is 9.36 Å². The Kier molecular flexibility index (Phi) is 4.23. The fourth-order valence-electron chi connectivity index (χ4n) is 1.97. The molecule has 20 heavy (non-hydrogen) atoms. The van der Waals surface area contributed by atoms with Crippen LogP contribution in [0.15, 0.2) is 22.0 Å². The average Bonchev–Trinajstić information content (AvgIpc) is 2.86. The molecule has 10 nitrogen and oxygen atoms in total. The van der Waals surface area contributed by atoms with Gasteiger partial charge in [-0.2, -0.15) is 0 Å². The summed E-state index contributed by atoms with van der Waals surface area (Å²) in [6.45, 7) is 1.01. The summed E-state index contributed by atoms with van der Waals surface area (Å²) >= 11 is 0. The molecule has 0 spiro atoms. The van der Waals surface area contributed by atoms with Crippen LogP contribution in [0.4, 0.5) is 0 Å². The van der Waals surface area contributed by atoms with Gasteiger partial charge in [0.1, 0.15) is 13.1 Å². The van der Waals surface area contributed by atoms with Gasteiger partial charge < -0.3 is 10.4 Å². The van der Waals surface area contributed by atoms with Crippen molar-refractivity contribution in [1.29, 1.82) is 0 Å². The molecule has 0 saturated carbocycles. The summed E-state index contributed by atoms with van der Waals surface area (Å²) in [5, 5.41) is 23.0. The minimum absolute atomic E-state index is 0.280. The van der Waals surface area contributed by atoms with Gasteiger partial charge in [-0.05, 0) is 25.7 Å².